The van der Waals surface area contributed by atoms with Gasteiger partial charge in [0.15, 0.2) is 9.84 Å². The lowest BCUT2D eigenvalue weighted by atomic mass is 10.4. The van der Waals surface area contributed by atoms with E-state index < -0.39 is 9.84 Å². The summed E-state index contributed by atoms with van der Waals surface area (Å²) in [6.45, 7) is 2.23. The summed E-state index contributed by atoms with van der Waals surface area (Å²) >= 11 is 5.39. The molecule has 1 heterocycles. The average molecular weight is 224 g/mol. The van der Waals surface area contributed by atoms with Crippen LogP contribution in [0.15, 0.2) is 11.6 Å². The van der Waals surface area contributed by atoms with Gasteiger partial charge in [0.1, 0.15) is 0 Å². The first-order chi connectivity index (χ1) is 6.14. The summed E-state index contributed by atoms with van der Waals surface area (Å²) in [7, 11) is -2.78. The van der Waals surface area contributed by atoms with Crippen LogP contribution in [-0.2, 0) is 9.84 Å². The summed E-state index contributed by atoms with van der Waals surface area (Å²) in [5.41, 5.74) is 1.47. The van der Waals surface area contributed by atoms with Crippen LogP contribution >= 0.6 is 11.6 Å². The molecule has 0 atom stereocenters. The van der Waals surface area contributed by atoms with Crippen molar-refractivity contribution in [3.63, 3.8) is 0 Å². The monoisotopic (exact) mass is 223 g/mol. The highest BCUT2D eigenvalue weighted by atomic mass is 35.5. The van der Waals surface area contributed by atoms with E-state index in [9.17, 15) is 8.42 Å². The van der Waals surface area contributed by atoms with Gasteiger partial charge in [0.25, 0.3) is 0 Å². The number of nitrogens with zero attached hydrogens (tertiary/aromatic N) is 1. The summed E-state index contributed by atoms with van der Waals surface area (Å²) in [5.74, 6) is 0.608. The van der Waals surface area contributed by atoms with Gasteiger partial charge in [-0.2, -0.15) is 0 Å². The van der Waals surface area contributed by atoms with Crippen molar-refractivity contribution >= 4 is 21.4 Å². The highest BCUT2D eigenvalue weighted by molar-refractivity contribution is 7.91. The molecule has 0 saturated carbocycles. The zero-order valence-corrected chi connectivity index (χ0v) is 9.02. The van der Waals surface area contributed by atoms with Gasteiger partial charge in [-0.15, -0.1) is 0 Å². The maximum atomic E-state index is 11.2. The first-order valence-electron chi connectivity index (χ1n) is 4.32. The van der Waals surface area contributed by atoms with E-state index in [0.717, 1.165) is 19.5 Å². The summed E-state index contributed by atoms with van der Waals surface area (Å²) in [6.07, 6.45) is 2.57. The Bertz CT molecular complexity index is 274. The maximum Gasteiger partial charge on any atom is 0.151 e. The van der Waals surface area contributed by atoms with Crippen molar-refractivity contribution in [2.24, 2.45) is 0 Å². The first-order valence-corrected chi connectivity index (χ1v) is 6.58. The summed E-state index contributed by atoms with van der Waals surface area (Å²) in [4.78, 5) is 2.10. The minimum absolute atomic E-state index is 0.281. The lowest BCUT2D eigenvalue weighted by Crippen LogP contribution is -2.27. The van der Waals surface area contributed by atoms with Gasteiger partial charge in [0.2, 0.25) is 0 Å². The van der Waals surface area contributed by atoms with Gasteiger partial charge in [0, 0.05) is 18.6 Å². The Kier molecular flexibility index (Phi) is 4.22. The normalized spacial score (nSPS) is 24.7. The van der Waals surface area contributed by atoms with Crippen LogP contribution in [0.4, 0.5) is 0 Å². The molecule has 0 aromatic carbocycles. The Morgan fingerprint density at radius 2 is 2.08 bits per heavy atom. The van der Waals surface area contributed by atoms with E-state index in [1.54, 1.807) is 0 Å². The van der Waals surface area contributed by atoms with Crippen LogP contribution in [0.1, 0.15) is 6.42 Å². The van der Waals surface area contributed by atoms with Crippen LogP contribution in [0.3, 0.4) is 0 Å². The van der Waals surface area contributed by atoms with E-state index in [-0.39, 0.29) is 5.75 Å². The Hall–Kier alpha value is -0.0600. The summed E-state index contributed by atoms with van der Waals surface area (Å²) in [6, 6.07) is 0. The van der Waals surface area contributed by atoms with Crippen LogP contribution < -0.4 is 0 Å². The molecule has 0 unspecified atom stereocenters. The zero-order valence-electron chi connectivity index (χ0n) is 7.45. The third kappa shape index (κ3) is 4.11. The van der Waals surface area contributed by atoms with Crippen LogP contribution in [0, 0.1) is 0 Å². The molecule has 13 heavy (non-hydrogen) atoms. The second-order valence-corrected chi connectivity index (χ2v) is 5.72. The van der Waals surface area contributed by atoms with Crippen LogP contribution in [0.2, 0.25) is 0 Å². The molecule has 1 rings (SSSR count). The largest absolute Gasteiger partial charge is 0.299 e. The summed E-state index contributed by atoms with van der Waals surface area (Å²) in [5, 5.41) is 0. The van der Waals surface area contributed by atoms with Gasteiger partial charge in [-0.1, -0.05) is 17.7 Å². The van der Waals surface area contributed by atoms with E-state index in [0.29, 0.717) is 12.3 Å². The van der Waals surface area contributed by atoms with Crippen molar-refractivity contribution in [2.75, 3.05) is 31.1 Å². The molecular formula is C8H14ClNO2S. The molecule has 1 aliphatic rings. The lowest BCUT2D eigenvalue weighted by Gasteiger charge is -2.15. The minimum Gasteiger partial charge on any atom is -0.299 e. The zero-order chi connectivity index (χ0) is 9.73. The standard InChI is InChI=1S/C8H14ClNO2S/c9-3-1-4-10-5-2-7-13(11,12)8-6-10/h1,3H,2,4-8H2/b3-1+. The third-order valence-electron chi connectivity index (χ3n) is 2.10. The molecule has 0 aromatic heterocycles. The Labute approximate surface area is 84.3 Å². The molecule has 0 aliphatic carbocycles. The number of halogens is 1. The van der Waals surface area contributed by atoms with Crippen molar-refractivity contribution in [3.8, 4) is 0 Å². The van der Waals surface area contributed by atoms with Crippen LogP contribution in [0.25, 0.3) is 0 Å². The fourth-order valence-electron chi connectivity index (χ4n) is 1.36. The minimum atomic E-state index is -2.78. The Morgan fingerprint density at radius 3 is 2.77 bits per heavy atom. The molecule has 76 valence electrons. The quantitative estimate of drug-likeness (QED) is 0.697. The first kappa shape index (κ1) is 11.0. The molecule has 5 heteroatoms. The van der Waals surface area contributed by atoms with E-state index >= 15 is 0 Å². The number of rotatable bonds is 2. The Morgan fingerprint density at radius 1 is 1.31 bits per heavy atom. The van der Waals surface area contributed by atoms with Gasteiger partial charge in [-0.3, -0.25) is 4.90 Å². The highest BCUT2D eigenvalue weighted by Crippen LogP contribution is 2.04. The molecule has 1 fully saturated rings. The smallest absolute Gasteiger partial charge is 0.151 e. The van der Waals surface area contributed by atoms with Gasteiger partial charge < -0.3 is 0 Å². The second-order valence-electron chi connectivity index (χ2n) is 3.17. The van der Waals surface area contributed by atoms with Gasteiger partial charge in [-0.05, 0) is 13.0 Å². The topological polar surface area (TPSA) is 37.4 Å². The summed E-state index contributed by atoms with van der Waals surface area (Å²) < 4.78 is 22.4. The van der Waals surface area contributed by atoms with Crippen molar-refractivity contribution in [3.05, 3.63) is 11.6 Å². The highest BCUT2D eigenvalue weighted by Gasteiger charge is 2.17. The number of hydrogen-bond donors (Lipinski definition) is 0. The molecule has 0 radical (unpaired) electrons. The predicted octanol–water partition coefficient (Wildman–Crippen LogP) is 0.859. The average Bonchev–Trinajstić information content (AvgIpc) is 2.23. The second kappa shape index (κ2) is 4.98. The molecule has 0 bridgehead atoms. The molecular weight excluding hydrogens is 210 g/mol. The van der Waals surface area contributed by atoms with E-state index in [4.69, 9.17) is 11.6 Å². The molecule has 0 aromatic rings. The molecule has 0 spiro atoms. The fourth-order valence-corrected chi connectivity index (χ4v) is 2.75. The van der Waals surface area contributed by atoms with Gasteiger partial charge in [-0.25, -0.2) is 8.42 Å². The van der Waals surface area contributed by atoms with Crippen molar-refractivity contribution < 1.29 is 8.42 Å². The van der Waals surface area contributed by atoms with Crippen molar-refractivity contribution in [2.45, 2.75) is 6.42 Å². The van der Waals surface area contributed by atoms with Crippen molar-refractivity contribution in [1.82, 2.24) is 4.90 Å². The van der Waals surface area contributed by atoms with Gasteiger partial charge in [0.05, 0.1) is 11.5 Å². The number of sulfone groups is 1. The number of hydrogen-bond acceptors (Lipinski definition) is 3. The third-order valence-corrected chi connectivity index (χ3v) is 3.99. The van der Waals surface area contributed by atoms with Gasteiger partial charge >= 0.3 is 0 Å². The molecule has 1 saturated heterocycles. The Balaban J connectivity index is 2.45. The van der Waals surface area contributed by atoms with Crippen molar-refractivity contribution in [1.29, 1.82) is 0 Å². The van der Waals surface area contributed by atoms with E-state index in [1.165, 1.54) is 5.54 Å². The van der Waals surface area contributed by atoms with Crippen LogP contribution in [0.5, 0.6) is 0 Å². The molecule has 0 amide bonds. The fraction of sp³-hybridized carbons (Fsp3) is 0.750. The SMILES string of the molecule is O=S1(=O)CCCN(C/C=C/Cl)CC1. The molecule has 0 N–H and O–H groups in total. The maximum absolute atomic E-state index is 11.2. The lowest BCUT2D eigenvalue weighted by molar-refractivity contribution is 0.327. The predicted molar refractivity (Wildman–Crippen MR) is 54.7 cm³/mol. The molecule has 3 nitrogen and oxygen atoms in total. The van der Waals surface area contributed by atoms with E-state index in [1.807, 2.05) is 6.08 Å². The van der Waals surface area contributed by atoms with E-state index in [2.05, 4.69) is 4.90 Å². The van der Waals surface area contributed by atoms with Crippen LogP contribution in [-0.4, -0.2) is 44.5 Å². The molecule has 1 aliphatic heterocycles.